The second-order valence-electron chi connectivity index (χ2n) is 4.21. The van der Waals surface area contributed by atoms with Crippen LogP contribution in [0.3, 0.4) is 0 Å². The van der Waals surface area contributed by atoms with Gasteiger partial charge in [-0.3, -0.25) is 4.79 Å². The maximum absolute atomic E-state index is 12.3. The topological polar surface area (TPSA) is 49.3 Å². The van der Waals surface area contributed by atoms with Crippen LogP contribution in [0.25, 0.3) is 0 Å². The van der Waals surface area contributed by atoms with Crippen molar-refractivity contribution in [2.24, 2.45) is 0 Å². The highest BCUT2D eigenvalue weighted by atomic mass is 35.5. The Balaban J connectivity index is 2.34. The lowest BCUT2D eigenvalue weighted by molar-refractivity contribution is 0.0479. The number of ketones is 1. The number of Topliss-reactive ketones (excluding diaryl/α,β-unsaturated/α-hetero) is 1. The van der Waals surface area contributed by atoms with Gasteiger partial charge >= 0.3 is 0 Å². The molecule has 0 heterocycles. The third-order valence-electron chi connectivity index (χ3n) is 3.22. The Morgan fingerprint density at radius 2 is 1.94 bits per heavy atom. The summed E-state index contributed by atoms with van der Waals surface area (Å²) in [6, 6.07) is 6.95. The van der Waals surface area contributed by atoms with Crippen LogP contribution in [0, 0.1) is 0 Å². The minimum absolute atomic E-state index is 0.113. The Kier molecular flexibility index (Phi) is 3.28. The summed E-state index contributed by atoms with van der Waals surface area (Å²) in [5.74, 6) is -0.113. The first-order valence-electron chi connectivity index (χ1n) is 5.40. The molecule has 0 saturated heterocycles. The number of hydroxylamine groups is 1. The molecule has 2 N–H and O–H groups in total. The van der Waals surface area contributed by atoms with Crippen LogP contribution in [-0.4, -0.2) is 16.5 Å². The maximum atomic E-state index is 12.3. The Labute approximate surface area is 99.4 Å². The second kappa shape index (κ2) is 4.53. The van der Waals surface area contributed by atoms with E-state index in [1.807, 2.05) is 0 Å². The number of nitrogens with one attached hydrogen (secondary N) is 1. The van der Waals surface area contributed by atoms with Crippen LogP contribution in [0.5, 0.6) is 0 Å². The van der Waals surface area contributed by atoms with Crippen molar-refractivity contribution < 1.29 is 10.0 Å². The van der Waals surface area contributed by atoms with E-state index < -0.39 is 5.54 Å². The van der Waals surface area contributed by atoms with E-state index >= 15 is 0 Å². The Morgan fingerprint density at radius 3 is 2.50 bits per heavy atom. The molecule has 0 aliphatic heterocycles. The van der Waals surface area contributed by atoms with Crippen molar-refractivity contribution in [1.82, 2.24) is 5.48 Å². The molecule has 0 aromatic heterocycles. The number of carbonyl (C=O) groups is 1. The van der Waals surface area contributed by atoms with E-state index in [0.29, 0.717) is 23.4 Å². The fourth-order valence-electron chi connectivity index (χ4n) is 2.27. The average Bonchev–Trinajstić information content (AvgIpc) is 2.78. The highest BCUT2D eigenvalue weighted by Gasteiger charge is 2.41. The third kappa shape index (κ3) is 1.86. The number of benzene rings is 1. The van der Waals surface area contributed by atoms with Crippen LogP contribution in [-0.2, 0) is 0 Å². The molecular formula is C12H14ClNO2. The zero-order valence-electron chi connectivity index (χ0n) is 8.87. The second-order valence-corrected chi connectivity index (χ2v) is 4.62. The Bertz CT molecular complexity index is 400. The summed E-state index contributed by atoms with van der Waals surface area (Å²) >= 11 is 5.99. The van der Waals surface area contributed by atoms with Gasteiger partial charge < -0.3 is 5.21 Å². The van der Waals surface area contributed by atoms with Crippen LogP contribution in [0.2, 0.25) is 5.02 Å². The van der Waals surface area contributed by atoms with E-state index in [2.05, 4.69) is 5.48 Å². The molecule has 0 bridgehead atoms. The van der Waals surface area contributed by atoms with Gasteiger partial charge in [0.1, 0.15) is 5.54 Å². The summed E-state index contributed by atoms with van der Waals surface area (Å²) in [7, 11) is 0. The Morgan fingerprint density at radius 1 is 1.31 bits per heavy atom. The van der Waals surface area contributed by atoms with Crippen LogP contribution >= 0.6 is 11.6 Å². The molecule has 0 amide bonds. The molecule has 1 saturated carbocycles. The predicted octanol–water partition coefficient (Wildman–Crippen LogP) is 2.81. The van der Waals surface area contributed by atoms with E-state index in [0.717, 1.165) is 12.8 Å². The predicted molar refractivity (Wildman–Crippen MR) is 61.9 cm³/mol. The first kappa shape index (κ1) is 11.6. The van der Waals surface area contributed by atoms with Gasteiger partial charge in [0.15, 0.2) is 5.78 Å². The quantitative estimate of drug-likeness (QED) is 0.630. The molecule has 4 heteroatoms. The number of halogens is 1. The highest BCUT2D eigenvalue weighted by Crippen LogP contribution is 2.33. The van der Waals surface area contributed by atoms with Gasteiger partial charge in [-0.2, -0.15) is 5.48 Å². The molecule has 3 nitrogen and oxygen atoms in total. The molecule has 1 aromatic rings. The molecule has 0 spiro atoms. The number of hydrogen-bond acceptors (Lipinski definition) is 3. The van der Waals surface area contributed by atoms with Crippen molar-refractivity contribution in [2.75, 3.05) is 0 Å². The maximum Gasteiger partial charge on any atom is 0.186 e. The summed E-state index contributed by atoms with van der Waals surface area (Å²) in [5.41, 5.74) is 1.85. The van der Waals surface area contributed by atoms with Gasteiger partial charge in [-0.15, -0.1) is 0 Å². The highest BCUT2D eigenvalue weighted by molar-refractivity contribution is 6.34. The van der Waals surface area contributed by atoms with Crippen molar-refractivity contribution in [2.45, 2.75) is 31.2 Å². The van der Waals surface area contributed by atoms with Crippen molar-refractivity contribution in [3.05, 3.63) is 34.9 Å². The van der Waals surface area contributed by atoms with Crippen molar-refractivity contribution >= 4 is 17.4 Å². The number of rotatable bonds is 3. The molecule has 2 rings (SSSR count). The molecule has 0 atom stereocenters. The van der Waals surface area contributed by atoms with Crippen LogP contribution < -0.4 is 5.48 Å². The fourth-order valence-corrected chi connectivity index (χ4v) is 2.49. The largest absolute Gasteiger partial charge is 0.316 e. The van der Waals surface area contributed by atoms with Gasteiger partial charge in [0, 0.05) is 5.56 Å². The molecule has 1 fully saturated rings. The van der Waals surface area contributed by atoms with Gasteiger partial charge in [-0.1, -0.05) is 36.6 Å². The first-order chi connectivity index (χ1) is 7.69. The third-order valence-corrected chi connectivity index (χ3v) is 3.55. The summed E-state index contributed by atoms with van der Waals surface area (Å²) < 4.78 is 0. The number of carbonyl (C=O) groups excluding carboxylic acids is 1. The van der Waals surface area contributed by atoms with Gasteiger partial charge in [0.2, 0.25) is 0 Å². The lowest BCUT2D eigenvalue weighted by atomic mass is 9.88. The minimum Gasteiger partial charge on any atom is -0.316 e. The smallest absolute Gasteiger partial charge is 0.186 e. The molecule has 1 aliphatic carbocycles. The standard InChI is InChI=1S/C12H14ClNO2/c13-10-6-2-1-5-9(10)11(15)12(14-16)7-3-4-8-12/h1-2,5-6,14,16H,3-4,7-8H2. The summed E-state index contributed by atoms with van der Waals surface area (Å²) in [5, 5.41) is 9.66. The summed E-state index contributed by atoms with van der Waals surface area (Å²) in [4.78, 5) is 12.3. The monoisotopic (exact) mass is 239 g/mol. The first-order valence-corrected chi connectivity index (χ1v) is 5.78. The van der Waals surface area contributed by atoms with Gasteiger partial charge in [0.25, 0.3) is 0 Å². The molecule has 0 unspecified atom stereocenters. The fraction of sp³-hybridized carbons (Fsp3) is 0.417. The van der Waals surface area contributed by atoms with Crippen LogP contribution in [0.4, 0.5) is 0 Å². The summed E-state index contributed by atoms with van der Waals surface area (Å²) in [6.45, 7) is 0. The van der Waals surface area contributed by atoms with E-state index in [9.17, 15) is 10.0 Å². The Hall–Kier alpha value is -0.900. The van der Waals surface area contributed by atoms with Crippen molar-refractivity contribution in [1.29, 1.82) is 0 Å². The van der Waals surface area contributed by atoms with E-state index in [4.69, 9.17) is 11.6 Å². The molecule has 1 aromatic carbocycles. The molecule has 16 heavy (non-hydrogen) atoms. The van der Waals surface area contributed by atoms with E-state index in [1.165, 1.54) is 0 Å². The zero-order valence-corrected chi connectivity index (χ0v) is 9.63. The number of hydrogen-bond donors (Lipinski definition) is 2. The summed E-state index contributed by atoms with van der Waals surface area (Å²) in [6.07, 6.45) is 3.22. The molecule has 86 valence electrons. The van der Waals surface area contributed by atoms with E-state index in [1.54, 1.807) is 24.3 Å². The lowest BCUT2D eigenvalue weighted by Crippen LogP contribution is -2.48. The van der Waals surface area contributed by atoms with Crippen LogP contribution in [0.1, 0.15) is 36.0 Å². The molecule has 0 radical (unpaired) electrons. The van der Waals surface area contributed by atoms with E-state index in [-0.39, 0.29) is 5.78 Å². The van der Waals surface area contributed by atoms with Crippen LogP contribution in [0.15, 0.2) is 24.3 Å². The molecule has 1 aliphatic rings. The SMILES string of the molecule is O=C(c1ccccc1Cl)C1(NO)CCCC1. The van der Waals surface area contributed by atoms with Crippen molar-refractivity contribution in [3.8, 4) is 0 Å². The zero-order chi connectivity index (χ0) is 11.6. The van der Waals surface area contributed by atoms with Gasteiger partial charge in [0.05, 0.1) is 5.02 Å². The lowest BCUT2D eigenvalue weighted by Gasteiger charge is -2.25. The van der Waals surface area contributed by atoms with Gasteiger partial charge in [-0.25, -0.2) is 0 Å². The average molecular weight is 240 g/mol. The molecular weight excluding hydrogens is 226 g/mol. The minimum atomic E-state index is -0.828. The van der Waals surface area contributed by atoms with Crippen molar-refractivity contribution in [3.63, 3.8) is 0 Å². The van der Waals surface area contributed by atoms with Gasteiger partial charge in [-0.05, 0) is 25.0 Å². The normalized spacial score (nSPS) is 18.6.